The summed E-state index contributed by atoms with van der Waals surface area (Å²) in [6.45, 7) is 0.301. The third-order valence-corrected chi connectivity index (χ3v) is 3.47. The molecule has 0 unspecified atom stereocenters. The third kappa shape index (κ3) is 3.53. The van der Waals surface area contributed by atoms with Gasteiger partial charge in [0.05, 0.1) is 22.1 Å². The lowest BCUT2D eigenvalue weighted by atomic mass is 10.2. The van der Waals surface area contributed by atoms with Crippen molar-refractivity contribution in [3.8, 4) is 5.88 Å². The number of methoxy groups -OCH3 is 1. The van der Waals surface area contributed by atoms with Gasteiger partial charge in [0.1, 0.15) is 5.69 Å². The minimum absolute atomic E-state index is 0.132. The van der Waals surface area contributed by atoms with E-state index in [1.54, 1.807) is 12.3 Å². The molecule has 0 radical (unpaired) electrons. The van der Waals surface area contributed by atoms with Crippen LogP contribution in [0.15, 0.2) is 30.5 Å². The number of hydrogen-bond acceptors (Lipinski definition) is 5. The van der Waals surface area contributed by atoms with Crippen LogP contribution < -0.4 is 10.1 Å². The Morgan fingerprint density at radius 2 is 2.10 bits per heavy atom. The zero-order chi connectivity index (χ0) is 15.4. The number of nitro benzene ring substituents is 1. The second-order valence-electron chi connectivity index (χ2n) is 4.07. The van der Waals surface area contributed by atoms with E-state index < -0.39 is 4.92 Å². The average molecular weight is 328 g/mol. The number of rotatable bonds is 5. The van der Waals surface area contributed by atoms with Gasteiger partial charge < -0.3 is 10.1 Å². The lowest BCUT2D eigenvalue weighted by molar-refractivity contribution is -0.383. The van der Waals surface area contributed by atoms with Crippen LogP contribution in [0.4, 0.5) is 11.4 Å². The summed E-state index contributed by atoms with van der Waals surface area (Å²) in [5, 5.41) is 14.4. The average Bonchev–Trinajstić information content (AvgIpc) is 2.48. The maximum absolute atomic E-state index is 11.0. The topological polar surface area (TPSA) is 77.3 Å². The van der Waals surface area contributed by atoms with Crippen LogP contribution in [-0.2, 0) is 6.54 Å². The molecular formula is C13H11Cl2N3O3. The number of ether oxygens (including phenoxy) is 1. The first-order valence-electron chi connectivity index (χ1n) is 5.88. The summed E-state index contributed by atoms with van der Waals surface area (Å²) in [5.74, 6) is 0.452. The first-order valence-corrected chi connectivity index (χ1v) is 6.63. The molecular weight excluding hydrogens is 317 g/mol. The van der Waals surface area contributed by atoms with Crippen molar-refractivity contribution in [3.63, 3.8) is 0 Å². The molecule has 0 amide bonds. The van der Waals surface area contributed by atoms with Crippen molar-refractivity contribution in [2.24, 2.45) is 0 Å². The van der Waals surface area contributed by atoms with E-state index in [4.69, 9.17) is 27.9 Å². The molecule has 1 N–H and O–H groups in total. The molecule has 2 aromatic rings. The highest BCUT2D eigenvalue weighted by Gasteiger charge is 2.17. The van der Waals surface area contributed by atoms with Gasteiger partial charge in [0.25, 0.3) is 5.69 Å². The highest BCUT2D eigenvalue weighted by Crippen LogP contribution is 2.34. The molecule has 21 heavy (non-hydrogen) atoms. The normalized spacial score (nSPS) is 10.2. The molecule has 6 nitrogen and oxygen atoms in total. The van der Waals surface area contributed by atoms with Crippen molar-refractivity contribution >= 4 is 34.6 Å². The number of nitro groups is 1. The van der Waals surface area contributed by atoms with Gasteiger partial charge in [0, 0.05) is 24.4 Å². The second kappa shape index (κ2) is 6.60. The fourth-order valence-corrected chi connectivity index (χ4v) is 2.08. The molecule has 0 fully saturated rings. The monoisotopic (exact) mass is 327 g/mol. The molecule has 0 spiro atoms. The first kappa shape index (κ1) is 15.3. The van der Waals surface area contributed by atoms with E-state index >= 15 is 0 Å². The maximum atomic E-state index is 11.0. The van der Waals surface area contributed by atoms with E-state index in [1.807, 2.05) is 6.07 Å². The van der Waals surface area contributed by atoms with Crippen molar-refractivity contribution in [3.05, 3.63) is 56.2 Å². The molecule has 0 saturated carbocycles. The van der Waals surface area contributed by atoms with Crippen LogP contribution in [0.1, 0.15) is 5.56 Å². The zero-order valence-corrected chi connectivity index (χ0v) is 12.5. The largest absolute Gasteiger partial charge is 0.481 e. The van der Waals surface area contributed by atoms with E-state index in [1.165, 1.54) is 19.2 Å². The third-order valence-electron chi connectivity index (χ3n) is 2.75. The number of halogens is 2. The molecule has 1 aromatic heterocycles. The van der Waals surface area contributed by atoms with Crippen molar-refractivity contribution in [1.29, 1.82) is 0 Å². The van der Waals surface area contributed by atoms with Gasteiger partial charge in [-0.1, -0.05) is 29.3 Å². The van der Waals surface area contributed by atoms with Crippen LogP contribution in [-0.4, -0.2) is 17.0 Å². The van der Waals surface area contributed by atoms with Crippen molar-refractivity contribution < 1.29 is 9.66 Å². The van der Waals surface area contributed by atoms with Gasteiger partial charge >= 0.3 is 0 Å². The summed E-state index contributed by atoms with van der Waals surface area (Å²) in [4.78, 5) is 14.6. The molecule has 0 aliphatic heterocycles. The molecule has 0 saturated heterocycles. The van der Waals surface area contributed by atoms with Gasteiger partial charge in [-0.25, -0.2) is 4.98 Å². The van der Waals surface area contributed by atoms with Gasteiger partial charge in [-0.3, -0.25) is 10.1 Å². The van der Waals surface area contributed by atoms with Gasteiger partial charge in [0.2, 0.25) is 5.88 Å². The summed E-state index contributed by atoms with van der Waals surface area (Å²) < 4.78 is 5.12. The number of pyridine rings is 1. The molecule has 1 heterocycles. The van der Waals surface area contributed by atoms with Crippen LogP contribution in [0.3, 0.4) is 0 Å². The molecule has 0 aliphatic carbocycles. The van der Waals surface area contributed by atoms with E-state index in [2.05, 4.69) is 10.3 Å². The Labute approximate surface area is 130 Å². The fraction of sp³-hybridized carbons (Fsp3) is 0.154. The summed E-state index contributed by atoms with van der Waals surface area (Å²) in [5.41, 5.74) is 0.896. The Morgan fingerprint density at radius 1 is 1.38 bits per heavy atom. The van der Waals surface area contributed by atoms with E-state index in [0.29, 0.717) is 12.4 Å². The Hall–Kier alpha value is -2.05. The molecule has 110 valence electrons. The number of anilines is 1. The summed E-state index contributed by atoms with van der Waals surface area (Å²) >= 11 is 11.7. The van der Waals surface area contributed by atoms with Crippen molar-refractivity contribution in [2.45, 2.75) is 6.54 Å². The predicted octanol–water partition coefficient (Wildman–Crippen LogP) is 3.92. The minimum atomic E-state index is -0.523. The number of nitrogens with zero attached hydrogens (tertiary/aromatic N) is 2. The van der Waals surface area contributed by atoms with Crippen LogP contribution in [0.2, 0.25) is 10.0 Å². The van der Waals surface area contributed by atoms with Crippen molar-refractivity contribution in [2.75, 3.05) is 12.4 Å². The van der Waals surface area contributed by atoms with Crippen LogP contribution in [0, 0.1) is 10.1 Å². The summed E-state index contributed by atoms with van der Waals surface area (Å²) in [7, 11) is 1.51. The SMILES string of the molecule is COc1ncccc1CNc1cc(Cl)c(Cl)cc1[N+](=O)[O-]. The Kier molecular flexibility index (Phi) is 4.82. The standard InChI is InChI=1S/C13H11Cl2N3O3/c1-21-13-8(3-2-4-16-13)7-17-11-5-9(14)10(15)6-12(11)18(19)20/h2-6,17H,7H2,1H3. The van der Waals surface area contributed by atoms with Gasteiger partial charge in [-0.05, 0) is 12.1 Å². The smallest absolute Gasteiger partial charge is 0.293 e. The second-order valence-corrected chi connectivity index (χ2v) is 4.88. The maximum Gasteiger partial charge on any atom is 0.293 e. The van der Waals surface area contributed by atoms with Crippen LogP contribution in [0.25, 0.3) is 0 Å². The molecule has 0 bridgehead atoms. The van der Waals surface area contributed by atoms with Crippen LogP contribution >= 0.6 is 23.2 Å². The predicted molar refractivity (Wildman–Crippen MR) is 81.2 cm³/mol. The Balaban J connectivity index is 2.27. The minimum Gasteiger partial charge on any atom is -0.481 e. The Morgan fingerprint density at radius 3 is 2.76 bits per heavy atom. The molecule has 8 heteroatoms. The molecule has 0 aliphatic rings. The van der Waals surface area contributed by atoms with Gasteiger partial charge in [-0.15, -0.1) is 0 Å². The number of benzene rings is 1. The fourth-order valence-electron chi connectivity index (χ4n) is 1.76. The molecule has 2 rings (SSSR count). The highest BCUT2D eigenvalue weighted by molar-refractivity contribution is 6.42. The number of hydrogen-bond donors (Lipinski definition) is 1. The number of aromatic nitrogens is 1. The number of nitrogens with one attached hydrogen (secondary N) is 1. The first-order chi connectivity index (χ1) is 10.0. The quantitative estimate of drug-likeness (QED) is 0.665. The summed E-state index contributed by atoms with van der Waals surface area (Å²) in [6, 6.07) is 6.20. The molecule has 0 atom stereocenters. The van der Waals surface area contributed by atoms with E-state index in [-0.39, 0.29) is 21.4 Å². The molecule has 1 aromatic carbocycles. The lowest BCUT2D eigenvalue weighted by Crippen LogP contribution is -2.05. The van der Waals surface area contributed by atoms with E-state index in [9.17, 15) is 10.1 Å². The lowest BCUT2D eigenvalue weighted by Gasteiger charge is -2.10. The van der Waals surface area contributed by atoms with E-state index in [0.717, 1.165) is 5.56 Å². The Bertz CT molecular complexity index is 680. The van der Waals surface area contributed by atoms with Crippen LogP contribution in [0.5, 0.6) is 5.88 Å². The highest BCUT2D eigenvalue weighted by atomic mass is 35.5. The van der Waals surface area contributed by atoms with Gasteiger partial charge in [-0.2, -0.15) is 0 Å². The zero-order valence-electron chi connectivity index (χ0n) is 11.0. The summed E-state index contributed by atoms with van der Waals surface area (Å²) in [6.07, 6.45) is 1.60. The van der Waals surface area contributed by atoms with Gasteiger partial charge in [0.15, 0.2) is 0 Å². The van der Waals surface area contributed by atoms with Crippen molar-refractivity contribution in [1.82, 2.24) is 4.98 Å².